The first kappa shape index (κ1) is 9.05. The maximum Gasteiger partial charge on any atom is 0.159 e. The number of pyridine rings is 2. The SMILES string of the molecule is NC[C@H](N)c1ccc2cccnc2n1. The molecule has 0 aromatic carbocycles. The van der Waals surface area contributed by atoms with E-state index in [-0.39, 0.29) is 6.04 Å². The van der Waals surface area contributed by atoms with Crippen LogP contribution in [-0.2, 0) is 0 Å². The molecule has 1 atom stereocenters. The third kappa shape index (κ3) is 1.57. The van der Waals surface area contributed by atoms with Crippen LogP contribution in [0.25, 0.3) is 11.0 Å². The molecule has 14 heavy (non-hydrogen) atoms. The van der Waals surface area contributed by atoms with E-state index in [0.717, 1.165) is 11.1 Å². The Morgan fingerprint density at radius 1 is 1.29 bits per heavy atom. The largest absolute Gasteiger partial charge is 0.329 e. The van der Waals surface area contributed by atoms with Crippen molar-refractivity contribution in [1.82, 2.24) is 9.97 Å². The fourth-order valence-corrected chi connectivity index (χ4v) is 1.29. The van der Waals surface area contributed by atoms with Gasteiger partial charge in [-0.2, -0.15) is 0 Å². The number of fused-ring (bicyclic) bond motifs is 1. The van der Waals surface area contributed by atoms with Gasteiger partial charge < -0.3 is 11.5 Å². The van der Waals surface area contributed by atoms with Gasteiger partial charge in [0.05, 0.1) is 11.7 Å². The summed E-state index contributed by atoms with van der Waals surface area (Å²) in [6.45, 7) is 0.394. The predicted molar refractivity (Wildman–Crippen MR) is 55.5 cm³/mol. The molecule has 0 fully saturated rings. The van der Waals surface area contributed by atoms with Crippen LogP contribution in [0, 0.1) is 0 Å². The van der Waals surface area contributed by atoms with Gasteiger partial charge in [-0.3, -0.25) is 0 Å². The second kappa shape index (κ2) is 3.69. The minimum absolute atomic E-state index is 0.207. The molecule has 4 heteroatoms. The van der Waals surface area contributed by atoms with E-state index in [0.29, 0.717) is 12.2 Å². The van der Waals surface area contributed by atoms with E-state index >= 15 is 0 Å². The molecule has 0 radical (unpaired) electrons. The lowest BCUT2D eigenvalue weighted by molar-refractivity contribution is 0.714. The van der Waals surface area contributed by atoms with Gasteiger partial charge in [-0.1, -0.05) is 0 Å². The smallest absolute Gasteiger partial charge is 0.159 e. The Bertz CT molecular complexity index is 441. The van der Waals surface area contributed by atoms with E-state index in [1.165, 1.54) is 0 Å². The van der Waals surface area contributed by atoms with E-state index < -0.39 is 0 Å². The molecule has 0 saturated heterocycles. The van der Waals surface area contributed by atoms with Crippen molar-refractivity contribution in [3.8, 4) is 0 Å². The molecule has 0 bridgehead atoms. The quantitative estimate of drug-likeness (QED) is 0.723. The summed E-state index contributed by atoms with van der Waals surface area (Å²) in [6.07, 6.45) is 1.72. The third-order valence-corrected chi connectivity index (χ3v) is 2.12. The van der Waals surface area contributed by atoms with Crippen LogP contribution in [0.1, 0.15) is 11.7 Å². The van der Waals surface area contributed by atoms with Gasteiger partial charge >= 0.3 is 0 Å². The van der Waals surface area contributed by atoms with Crippen molar-refractivity contribution in [2.45, 2.75) is 6.04 Å². The van der Waals surface area contributed by atoms with Crippen molar-refractivity contribution in [3.63, 3.8) is 0 Å². The highest BCUT2D eigenvalue weighted by atomic mass is 14.9. The molecule has 0 aliphatic rings. The molecular weight excluding hydrogens is 176 g/mol. The van der Waals surface area contributed by atoms with E-state index in [9.17, 15) is 0 Å². The van der Waals surface area contributed by atoms with Gasteiger partial charge in [0.2, 0.25) is 0 Å². The monoisotopic (exact) mass is 188 g/mol. The van der Waals surface area contributed by atoms with Crippen LogP contribution in [0.2, 0.25) is 0 Å². The minimum atomic E-state index is -0.207. The highest BCUT2D eigenvalue weighted by Gasteiger charge is 2.05. The summed E-state index contributed by atoms with van der Waals surface area (Å²) in [4.78, 5) is 8.48. The zero-order chi connectivity index (χ0) is 9.97. The van der Waals surface area contributed by atoms with Crippen molar-refractivity contribution in [2.24, 2.45) is 11.5 Å². The summed E-state index contributed by atoms with van der Waals surface area (Å²) in [5.41, 5.74) is 12.7. The summed E-state index contributed by atoms with van der Waals surface area (Å²) < 4.78 is 0. The van der Waals surface area contributed by atoms with Crippen molar-refractivity contribution < 1.29 is 0 Å². The molecule has 2 aromatic rings. The van der Waals surface area contributed by atoms with Crippen LogP contribution in [0.4, 0.5) is 0 Å². The normalized spacial score (nSPS) is 13.0. The Balaban J connectivity index is 2.51. The van der Waals surface area contributed by atoms with Crippen molar-refractivity contribution in [2.75, 3.05) is 6.54 Å². The Morgan fingerprint density at radius 2 is 2.14 bits per heavy atom. The average molecular weight is 188 g/mol. The Labute approximate surface area is 82.0 Å². The van der Waals surface area contributed by atoms with Crippen LogP contribution in [-0.4, -0.2) is 16.5 Å². The lowest BCUT2D eigenvalue weighted by Gasteiger charge is -2.07. The zero-order valence-corrected chi connectivity index (χ0v) is 7.72. The molecule has 0 amide bonds. The molecule has 0 aliphatic heterocycles. The number of rotatable bonds is 2. The van der Waals surface area contributed by atoms with E-state index in [1.807, 2.05) is 24.3 Å². The van der Waals surface area contributed by atoms with Gasteiger partial charge in [0.15, 0.2) is 5.65 Å². The first-order chi connectivity index (χ1) is 6.81. The molecule has 2 aromatic heterocycles. The van der Waals surface area contributed by atoms with E-state index in [1.54, 1.807) is 6.20 Å². The van der Waals surface area contributed by atoms with Gasteiger partial charge in [-0.15, -0.1) is 0 Å². The maximum atomic E-state index is 5.77. The lowest BCUT2D eigenvalue weighted by Crippen LogP contribution is -2.21. The Hall–Kier alpha value is -1.52. The number of hydrogen-bond donors (Lipinski definition) is 2. The zero-order valence-electron chi connectivity index (χ0n) is 7.72. The Kier molecular flexibility index (Phi) is 2.39. The van der Waals surface area contributed by atoms with Gasteiger partial charge in [0.25, 0.3) is 0 Å². The van der Waals surface area contributed by atoms with Gasteiger partial charge in [0.1, 0.15) is 0 Å². The highest BCUT2D eigenvalue weighted by molar-refractivity contribution is 5.74. The molecule has 4 N–H and O–H groups in total. The molecule has 0 unspecified atom stereocenters. The number of nitrogens with zero attached hydrogens (tertiary/aromatic N) is 2. The second-order valence-corrected chi connectivity index (χ2v) is 3.13. The molecule has 72 valence electrons. The van der Waals surface area contributed by atoms with Crippen LogP contribution >= 0.6 is 0 Å². The second-order valence-electron chi connectivity index (χ2n) is 3.13. The van der Waals surface area contributed by atoms with Gasteiger partial charge in [-0.25, -0.2) is 9.97 Å². The summed E-state index contributed by atoms with van der Waals surface area (Å²) in [6, 6.07) is 7.49. The van der Waals surface area contributed by atoms with Crippen LogP contribution in [0.3, 0.4) is 0 Å². The molecular formula is C10H12N4. The van der Waals surface area contributed by atoms with Crippen LogP contribution < -0.4 is 11.5 Å². The van der Waals surface area contributed by atoms with Gasteiger partial charge in [0, 0.05) is 18.1 Å². The summed E-state index contributed by atoms with van der Waals surface area (Å²) >= 11 is 0. The average Bonchev–Trinajstić information content (AvgIpc) is 2.27. The van der Waals surface area contributed by atoms with Crippen LogP contribution in [0.15, 0.2) is 30.5 Å². The van der Waals surface area contributed by atoms with Gasteiger partial charge in [-0.05, 0) is 24.3 Å². The molecule has 0 aliphatic carbocycles. The highest BCUT2D eigenvalue weighted by Crippen LogP contribution is 2.12. The predicted octanol–water partition coefficient (Wildman–Crippen LogP) is 0.588. The maximum absolute atomic E-state index is 5.77. The fourth-order valence-electron chi connectivity index (χ4n) is 1.29. The first-order valence-electron chi connectivity index (χ1n) is 4.48. The fraction of sp³-hybridized carbons (Fsp3) is 0.200. The van der Waals surface area contributed by atoms with Crippen LogP contribution in [0.5, 0.6) is 0 Å². The topological polar surface area (TPSA) is 77.8 Å². The van der Waals surface area contributed by atoms with E-state index in [2.05, 4.69) is 9.97 Å². The van der Waals surface area contributed by atoms with Crippen molar-refractivity contribution in [1.29, 1.82) is 0 Å². The standard InChI is InChI=1S/C10H12N4/c11-6-8(12)9-4-3-7-2-1-5-13-10(7)14-9/h1-5,8H,6,11-12H2/t8-/m0/s1. The summed E-state index contributed by atoms with van der Waals surface area (Å²) in [5, 5.41) is 1.01. The molecule has 0 spiro atoms. The van der Waals surface area contributed by atoms with Crippen molar-refractivity contribution >= 4 is 11.0 Å². The van der Waals surface area contributed by atoms with Crippen molar-refractivity contribution in [3.05, 3.63) is 36.2 Å². The Morgan fingerprint density at radius 3 is 2.93 bits per heavy atom. The van der Waals surface area contributed by atoms with E-state index in [4.69, 9.17) is 11.5 Å². The lowest BCUT2D eigenvalue weighted by atomic mass is 10.2. The summed E-state index contributed by atoms with van der Waals surface area (Å²) in [7, 11) is 0. The first-order valence-corrected chi connectivity index (χ1v) is 4.48. The minimum Gasteiger partial charge on any atom is -0.329 e. The number of nitrogens with two attached hydrogens (primary N) is 2. The molecule has 2 heterocycles. The number of aromatic nitrogens is 2. The molecule has 2 rings (SSSR count). The third-order valence-electron chi connectivity index (χ3n) is 2.12. The summed E-state index contributed by atoms with van der Waals surface area (Å²) in [5.74, 6) is 0. The molecule has 4 nitrogen and oxygen atoms in total. The molecule has 0 saturated carbocycles. The number of hydrogen-bond acceptors (Lipinski definition) is 4.